The van der Waals surface area contributed by atoms with Crippen molar-refractivity contribution in [2.45, 2.75) is 52.6 Å². The highest BCUT2D eigenvalue weighted by Crippen LogP contribution is 2.23. The number of nitrogens with one attached hydrogen (secondary N) is 1. The SMILES string of the molecule is CCn1nc(C)c(Cn2nnnc2N2CCCCNC(=O)C(F)(F)C2)c1C. The fraction of sp³-hybridized carbons (Fsp3) is 0.688. The van der Waals surface area contributed by atoms with Crippen molar-refractivity contribution in [2.75, 3.05) is 24.5 Å². The van der Waals surface area contributed by atoms with Crippen LogP contribution in [0.1, 0.15) is 36.7 Å². The smallest absolute Gasteiger partial charge is 0.341 e. The number of aryl methyl sites for hydroxylation is 2. The average Bonchev–Trinajstić information content (AvgIpc) is 3.20. The molecule has 0 aliphatic carbocycles. The molecule has 1 N–H and O–H groups in total. The summed E-state index contributed by atoms with van der Waals surface area (Å²) >= 11 is 0. The predicted molar refractivity (Wildman–Crippen MR) is 93.7 cm³/mol. The summed E-state index contributed by atoms with van der Waals surface area (Å²) in [5.41, 5.74) is 2.80. The first-order chi connectivity index (χ1) is 12.8. The second kappa shape index (κ2) is 7.57. The van der Waals surface area contributed by atoms with E-state index in [1.165, 1.54) is 9.58 Å². The molecule has 2 aromatic heterocycles. The summed E-state index contributed by atoms with van der Waals surface area (Å²) < 4.78 is 31.9. The molecule has 3 rings (SSSR count). The lowest BCUT2D eigenvalue weighted by molar-refractivity contribution is -0.144. The van der Waals surface area contributed by atoms with Crippen molar-refractivity contribution < 1.29 is 13.6 Å². The van der Waals surface area contributed by atoms with Gasteiger partial charge in [0.1, 0.15) is 0 Å². The molecule has 0 bridgehead atoms. The second-order valence-corrected chi connectivity index (χ2v) is 6.69. The highest BCUT2D eigenvalue weighted by molar-refractivity contribution is 5.84. The molecule has 0 unspecified atom stereocenters. The van der Waals surface area contributed by atoms with E-state index in [9.17, 15) is 13.6 Å². The summed E-state index contributed by atoms with van der Waals surface area (Å²) in [5.74, 6) is -4.54. The van der Waals surface area contributed by atoms with Gasteiger partial charge in [-0.3, -0.25) is 9.48 Å². The van der Waals surface area contributed by atoms with Gasteiger partial charge in [-0.1, -0.05) is 5.10 Å². The maximum atomic E-state index is 14.3. The van der Waals surface area contributed by atoms with E-state index in [-0.39, 0.29) is 12.5 Å². The van der Waals surface area contributed by atoms with Crippen molar-refractivity contribution >= 4 is 11.9 Å². The van der Waals surface area contributed by atoms with Gasteiger partial charge in [0.25, 0.3) is 5.91 Å². The highest BCUT2D eigenvalue weighted by atomic mass is 19.3. The zero-order chi connectivity index (χ0) is 19.6. The van der Waals surface area contributed by atoms with Crippen molar-refractivity contribution in [3.63, 3.8) is 0 Å². The standard InChI is InChI=1S/C16H24F2N8O/c1-4-25-12(3)13(11(2)21-25)9-26-15(20-22-23-26)24-8-6-5-7-19-14(27)16(17,18)10-24/h4-10H2,1-3H3,(H,19,27). The number of carbonyl (C=O) groups is 1. The fourth-order valence-corrected chi connectivity index (χ4v) is 3.27. The van der Waals surface area contributed by atoms with Crippen LogP contribution in [0, 0.1) is 13.8 Å². The number of hydrogen-bond donors (Lipinski definition) is 1. The van der Waals surface area contributed by atoms with Gasteiger partial charge in [-0.2, -0.15) is 13.9 Å². The maximum Gasteiger partial charge on any atom is 0.341 e. The molecule has 0 atom stereocenters. The third kappa shape index (κ3) is 3.91. The normalized spacial score (nSPS) is 18.0. The maximum absolute atomic E-state index is 14.3. The van der Waals surface area contributed by atoms with Crippen LogP contribution in [-0.2, 0) is 17.9 Å². The van der Waals surface area contributed by atoms with E-state index in [4.69, 9.17) is 0 Å². The molecular weight excluding hydrogens is 358 g/mol. The number of halogens is 2. The van der Waals surface area contributed by atoms with Crippen LogP contribution >= 0.6 is 0 Å². The van der Waals surface area contributed by atoms with Gasteiger partial charge in [0.05, 0.1) is 18.8 Å². The highest BCUT2D eigenvalue weighted by Gasteiger charge is 2.42. The van der Waals surface area contributed by atoms with Crippen LogP contribution in [0.4, 0.5) is 14.7 Å². The quantitative estimate of drug-likeness (QED) is 0.845. The van der Waals surface area contributed by atoms with Crippen LogP contribution in [0.25, 0.3) is 0 Å². The van der Waals surface area contributed by atoms with Gasteiger partial charge < -0.3 is 10.2 Å². The van der Waals surface area contributed by atoms with Gasteiger partial charge in [-0.05, 0) is 44.0 Å². The van der Waals surface area contributed by atoms with Crippen molar-refractivity contribution in [1.29, 1.82) is 0 Å². The van der Waals surface area contributed by atoms with Gasteiger partial charge in [0.2, 0.25) is 5.95 Å². The Balaban J connectivity index is 1.89. The number of nitrogens with zero attached hydrogens (tertiary/aromatic N) is 7. The lowest BCUT2D eigenvalue weighted by Gasteiger charge is -2.25. The van der Waals surface area contributed by atoms with E-state index < -0.39 is 18.4 Å². The number of rotatable bonds is 4. The first kappa shape index (κ1) is 19.2. The van der Waals surface area contributed by atoms with Crippen molar-refractivity contribution in [1.82, 2.24) is 35.3 Å². The van der Waals surface area contributed by atoms with Gasteiger partial charge in [-0.25, -0.2) is 4.68 Å². The molecule has 1 aliphatic heterocycles. The molecule has 0 aromatic carbocycles. The average molecular weight is 382 g/mol. The summed E-state index contributed by atoms with van der Waals surface area (Å²) in [7, 11) is 0. The van der Waals surface area contributed by atoms with Crippen LogP contribution in [0.2, 0.25) is 0 Å². The summed E-state index contributed by atoms with van der Waals surface area (Å²) in [6, 6.07) is 0. The number of tetrazole rings is 1. The van der Waals surface area contributed by atoms with Gasteiger partial charge >= 0.3 is 5.92 Å². The van der Waals surface area contributed by atoms with Crippen molar-refractivity contribution in [2.24, 2.45) is 0 Å². The fourth-order valence-electron chi connectivity index (χ4n) is 3.27. The molecule has 1 saturated heterocycles. The Bertz CT molecular complexity index is 815. The Morgan fingerprint density at radius 2 is 2.00 bits per heavy atom. The van der Waals surface area contributed by atoms with Gasteiger partial charge in [0.15, 0.2) is 0 Å². The molecule has 3 heterocycles. The van der Waals surface area contributed by atoms with Crippen LogP contribution in [0.3, 0.4) is 0 Å². The Morgan fingerprint density at radius 1 is 1.22 bits per heavy atom. The molecule has 0 spiro atoms. The third-order valence-electron chi connectivity index (χ3n) is 4.80. The molecular formula is C16H24F2N8O. The molecule has 0 saturated carbocycles. The van der Waals surface area contributed by atoms with Crippen molar-refractivity contribution in [3.05, 3.63) is 17.0 Å². The molecule has 11 heteroatoms. The molecule has 9 nitrogen and oxygen atoms in total. The first-order valence-corrected chi connectivity index (χ1v) is 9.03. The molecule has 2 aromatic rings. The zero-order valence-electron chi connectivity index (χ0n) is 15.7. The summed E-state index contributed by atoms with van der Waals surface area (Å²) in [6.45, 7) is 6.75. The molecule has 0 radical (unpaired) electrons. The number of alkyl halides is 2. The van der Waals surface area contributed by atoms with E-state index in [0.717, 1.165) is 23.5 Å². The topological polar surface area (TPSA) is 93.8 Å². The number of amides is 1. The van der Waals surface area contributed by atoms with Gasteiger partial charge in [-0.15, -0.1) is 0 Å². The minimum Gasteiger partial charge on any atom is -0.351 e. The number of carbonyl (C=O) groups excluding carboxylic acids is 1. The van der Waals surface area contributed by atoms with Crippen LogP contribution < -0.4 is 10.2 Å². The molecule has 27 heavy (non-hydrogen) atoms. The minimum atomic E-state index is -3.51. The molecule has 148 valence electrons. The van der Waals surface area contributed by atoms with Crippen LogP contribution in [-0.4, -0.2) is 61.5 Å². The van der Waals surface area contributed by atoms with Crippen LogP contribution in [0.15, 0.2) is 0 Å². The Morgan fingerprint density at radius 3 is 2.70 bits per heavy atom. The Labute approximate surface area is 155 Å². The summed E-state index contributed by atoms with van der Waals surface area (Å²) in [6.07, 6.45) is 1.26. The van der Waals surface area contributed by atoms with E-state index in [1.807, 2.05) is 25.5 Å². The lowest BCUT2D eigenvalue weighted by atomic mass is 10.2. The summed E-state index contributed by atoms with van der Waals surface area (Å²) in [4.78, 5) is 13.1. The second-order valence-electron chi connectivity index (χ2n) is 6.69. The van der Waals surface area contributed by atoms with Gasteiger partial charge in [0, 0.05) is 30.9 Å². The third-order valence-corrected chi connectivity index (χ3v) is 4.80. The van der Waals surface area contributed by atoms with E-state index in [1.54, 1.807) is 0 Å². The Hall–Kier alpha value is -2.59. The molecule has 1 fully saturated rings. The Kier molecular flexibility index (Phi) is 5.38. The molecule has 1 aliphatic rings. The zero-order valence-corrected chi connectivity index (χ0v) is 15.7. The van der Waals surface area contributed by atoms with Crippen LogP contribution in [0.5, 0.6) is 0 Å². The van der Waals surface area contributed by atoms with E-state index in [2.05, 4.69) is 25.9 Å². The van der Waals surface area contributed by atoms with E-state index in [0.29, 0.717) is 25.9 Å². The predicted octanol–water partition coefficient (Wildman–Crippen LogP) is 0.906. The first-order valence-electron chi connectivity index (χ1n) is 9.03. The number of hydrogen-bond acceptors (Lipinski definition) is 6. The summed E-state index contributed by atoms with van der Waals surface area (Å²) in [5, 5.41) is 18.4. The number of aromatic nitrogens is 6. The minimum absolute atomic E-state index is 0.229. The lowest BCUT2D eigenvalue weighted by Crippen LogP contribution is -2.48. The largest absolute Gasteiger partial charge is 0.351 e. The monoisotopic (exact) mass is 382 g/mol. The van der Waals surface area contributed by atoms with Crippen molar-refractivity contribution in [3.8, 4) is 0 Å². The van der Waals surface area contributed by atoms with E-state index >= 15 is 0 Å². The molecule has 1 amide bonds. The number of anilines is 1.